The van der Waals surface area contributed by atoms with Crippen LogP contribution >= 0.6 is 11.6 Å². The first-order chi connectivity index (χ1) is 15.1. The highest BCUT2D eigenvalue weighted by molar-refractivity contribution is 7.89. The number of halogens is 1. The molecule has 3 N–H and O–H groups in total. The summed E-state index contributed by atoms with van der Waals surface area (Å²) >= 11 is 5.82. The maximum atomic E-state index is 12.9. The molecule has 3 aromatic carbocycles. The lowest BCUT2D eigenvalue weighted by molar-refractivity contribution is -0.544. The third-order valence-electron chi connectivity index (χ3n) is 4.29. The van der Waals surface area contributed by atoms with Crippen molar-refractivity contribution in [2.75, 3.05) is 5.01 Å². The van der Waals surface area contributed by atoms with E-state index >= 15 is 0 Å². The summed E-state index contributed by atoms with van der Waals surface area (Å²) in [5.74, 6) is -1.22. The van der Waals surface area contributed by atoms with Crippen molar-refractivity contribution in [3.8, 4) is 0 Å². The molecular formula is C20H15ClN4O6S. The molecule has 0 radical (unpaired) electrons. The lowest BCUT2D eigenvalue weighted by Gasteiger charge is -2.19. The Morgan fingerprint density at radius 3 is 2.06 bits per heavy atom. The molecule has 3 rings (SSSR count). The molecule has 32 heavy (non-hydrogen) atoms. The SMILES string of the molecule is NS(=O)(=O)c1cc(C(=O)N(N[N+](=O)[O-])c2ccc(C(=O)c3ccccc3)cc2)ccc1Cl. The van der Waals surface area contributed by atoms with Gasteiger partial charge in [-0.15, -0.1) is 0 Å². The van der Waals surface area contributed by atoms with Crippen molar-refractivity contribution in [1.82, 2.24) is 5.53 Å². The van der Waals surface area contributed by atoms with Crippen LogP contribution in [0.3, 0.4) is 0 Å². The number of amides is 1. The first kappa shape index (κ1) is 22.9. The van der Waals surface area contributed by atoms with Gasteiger partial charge in [0.2, 0.25) is 10.0 Å². The molecule has 0 aliphatic carbocycles. The van der Waals surface area contributed by atoms with Crippen LogP contribution in [0.4, 0.5) is 5.69 Å². The number of nitrogens with two attached hydrogens (primary N) is 1. The summed E-state index contributed by atoms with van der Waals surface area (Å²) in [5.41, 5.74) is 2.32. The van der Waals surface area contributed by atoms with Crippen LogP contribution < -0.4 is 15.7 Å². The topological polar surface area (TPSA) is 153 Å². The largest absolute Gasteiger partial charge is 0.289 e. The number of hydrogen-bond acceptors (Lipinski definition) is 6. The van der Waals surface area contributed by atoms with Gasteiger partial charge in [-0.05, 0) is 48.0 Å². The molecule has 0 bridgehead atoms. The van der Waals surface area contributed by atoms with Gasteiger partial charge >= 0.3 is 0 Å². The Morgan fingerprint density at radius 2 is 1.50 bits per heavy atom. The number of nitrogens with one attached hydrogen (secondary N) is 1. The number of benzene rings is 3. The van der Waals surface area contributed by atoms with Crippen molar-refractivity contribution in [3.63, 3.8) is 0 Å². The van der Waals surface area contributed by atoms with E-state index in [-0.39, 0.29) is 22.1 Å². The summed E-state index contributed by atoms with van der Waals surface area (Å²) in [6.07, 6.45) is 0. The second kappa shape index (κ2) is 9.14. The van der Waals surface area contributed by atoms with E-state index in [4.69, 9.17) is 16.7 Å². The summed E-state index contributed by atoms with van der Waals surface area (Å²) in [6.45, 7) is 0. The molecule has 0 fully saturated rings. The van der Waals surface area contributed by atoms with Gasteiger partial charge in [0.25, 0.3) is 5.91 Å². The molecule has 0 unspecified atom stereocenters. The maximum Gasteiger partial charge on any atom is 0.281 e. The van der Waals surface area contributed by atoms with Crippen LogP contribution in [0.25, 0.3) is 0 Å². The van der Waals surface area contributed by atoms with Crippen molar-refractivity contribution >= 4 is 39.0 Å². The zero-order valence-electron chi connectivity index (χ0n) is 16.1. The van der Waals surface area contributed by atoms with Crippen LogP contribution in [-0.4, -0.2) is 25.1 Å². The molecule has 1 amide bonds. The fraction of sp³-hybridized carbons (Fsp3) is 0. The van der Waals surface area contributed by atoms with E-state index in [2.05, 4.69) is 0 Å². The predicted octanol–water partition coefficient (Wildman–Crippen LogP) is 2.56. The van der Waals surface area contributed by atoms with E-state index in [9.17, 15) is 28.1 Å². The van der Waals surface area contributed by atoms with E-state index < -0.39 is 25.9 Å². The molecule has 0 atom stereocenters. The fourth-order valence-corrected chi connectivity index (χ4v) is 3.87. The van der Waals surface area contributed by atoms with Crippen molar-refractivity contribution in [2.45, 2.75) is 4.90 Å². The predicted molar refractivity (Wildman–Crippen MR) is 116 cm³/mol. The number of rotatable bonds is 7. The number of carbonyl (C=O) groups excluding carboxylic acids is 2. The Bertz CT molecular complexity index is 1300. The van der Waals surface area contributed by atoms with Crippen molar-refractivity contribution in [3.05, 3.63) is 105 Å². The molecule has 0 spiro atoms. The van der Waals surface area contributed by atoms with Crippen molar-refractivity contribution < 1.29 is 23.0 Å². The molecule has 0 aliphatic heterocycles. The molecule has 164 valence electrons. The first-order valence-corrected chi connectivity index (χ1v) is 10.8. The lowest BCUT2D eigenvalue weighted by Crippen LogP contribution is -2.46. The molecule has 0 heterocycles. The summed E-state index contributed by atoms with van der Waals surface area (Å²) in [7, 11) is -4.24. The van der Waals surface area contributed by atoms with Crippen LogP contribution in [0.15, 0.2) is 77.7 Å². The van der Waals surface area contributed by atoms with Crippen LogP contribution in [-0.2, 0) is 10.0 Å². The number of ketones is 1. The highest BCUT2D eigenvalue weighted by Crippen LogP contribution is 2.24. The number of carbonyl (C=O) groups is 2. The lowest BCUT2D eigenvalue weighted by atomic mass is 10.0. The molecule has 12 heteroatoms. The van der Waals surface area contributed by atoms with Gasteiger partial charge in [-0.1, -0.05) is 41.9 Å². The number of nitrogens with zero attached hydrogens (tertiary/aromatic N) is 2. The Hall–Kier alpha value is -3.80. The summed E-state index contributed by atoms with van der Waals surface area (Å²) in [5, 5.41) is 15.6. The Morgan fingerprint density at radius 1 is 0.938 bits per heavy atom. The second-order valence-corrected chi connectivity index (χ2v) is 8.37. The third kappa shape index (κ3) is 5.09. The number of sulfonamides is 1. The molecule has 0 aromatic heterocycles. The van der Waals surface area contributed by atoms with E-state index in [1.54, 1.807) is 35.9 Å². The summed E-state index contributed by atoms with van der Waals surface area (Å²) in [6, 6.07) is 17.2. The average molecular weight is 475 g/mol. The minimum absolute atomic E-state index is 0.0309. The number of primary sulfonamides is 1. The van der Waals surface area contributed by atoms with Gasteiger partial charge in [-0.25, -0.2) is 23.7 Å². The zero-order valence-corrected chi connectivity index (χ0v) is 17.7. The molecule has 3 aromatic rings. The average Bonchev–Trinajstić information content (AvgIpc) is 2.76. The zero-order chi connectivity index (χ0) is 23.5. The highest BCUT2D eigenvalue weighted by atomic mass is 35.5. The smallest absolute Gasteiger partial charge is 0.281 e. The number of hydrazine groups is 2. The Kier molecular flexibility index (Phi) is 6.53. The van der Waals surface area contributed by atoms with E-state index in [1.165, 1.54) is 30.3 Å². The van der Waals surface area contributed by atoms with Gasteiger partial charge < -0.3 is 0 Å². The van der Waals surface area contributed by atoms with Crippen molar-refractivity contribution in [1.29, 1.82) is 0 Å². The van der Waals surface area contributed by atoms with Gasteiger partial charge in [-0.2, -0.15) is 5.01 Å². The van der Waals surface area contributed by atoms with Gasteiger partial charge in [0.1, 0.15) is 4.90 Å². The van der Waals surface area contributed by atoms with E-state index in [0.717, 1.165) is 12.1 Å². The van der Waals surface area contributed by atoms with Gasteiger partial charge in [-0.3, -0.25) is 9.59 Å². The van der Waals surface area contributed by atoms with E-state index in [1.807, 2.05) is 0 Å². The number of nitro groups is 1. The second-order valence-electron chi connectivity index (χ2n) is 6.43. The van der Waals surface area contributed by atoms with E-state index in [0.29, 0.717) is 16.1 Å². The normalized spacial score (nSPS) is 10.9. The molecule has 10 nitrogen and oxygen atoms in total. The van der Waals surface area contributed by atoms with Crippen LogP contribution in [0.2, 0.25) is 5.02 Å². The molecule has 0 aliphatic rings. The highest BCUT2D eigenvalue weighted by Gasteiger charge is 2.24. The molecule has 0 saturated carbocycles. The van der Waals surface area contributed by atoms with Gasteiger partial charge in [0.15, 0.2) is 10.8 Å². The number of hydrogen-bond donors (Lipinski definition) is 2. The first-order valence-electron chi connectivity index (χ1n) is 8.85. The third-order valence-corrected chi connectivity index (χ3v) is 5.69. The Balaban J connectivity index is 1.96. The fourth-order valence-electron chi connectivity index (χ4n) is 2.80. The van der Waals surface area contributed by atoms with Crippen LogP contribution in [0, 0.1) is 10.1 Å². The minimum atomic E-state index is -4.24. The van der Waals surface area contributed by atoms with Crippen molar-refractivity contribution in [2.24, 2.45) is 5.14 Å². The summed E-state index contributed by atoms with van der Waals surface area (Å²) < 4.78 is 23.4. The standard InChI is InChI=1S/C20H15ClN4O6S/c21-17-11-8-15(12-18(17)32(22,30)31)20(27)24(23-25(28)29)16-9-6-14(7-10-16)19(26)13-4-2-1-3-5-13/h1-12,23H,(H2,22,30,31). The van der Waals surface area contributed by atoms with Gasteiger partial charge in [0, 0.05) is 16.7 Å². The van der Waals surface area contributed by atoms with Crippen LogP contribution in [0.5, 0.6) is 0 Å². The molecule has 0 saturated heterocycles. The summed E-state index contributed by atoms with van der Waals surface area (Å²) in [4.78, 5) is 36.0. The quantitative estimate of drug-likeness (QED) is 0.303. The minimum Gasteiger partial charge on any atom is -0.289 e. The van der Waals surface area contributed by atoms with Crippen LogP contribution in [0.1, 0.15) is 26.3 Å². The molecular weight excluding hydrogens is 460 g/mol. The Labute approximate surface area is 187 Å². The monoisotopic (exact) mass is 474 g/mol. The van der Waals surface area contributed by atoms with Gasteiger partial charge in [0.05, 0.1) is 10.7 Å². The number of anilines is 1. The maximum absolute atomic E-state index is 12.9.